The highest BCUT2D eigenvalue weighted by Crippen LogP contribution is 2.40. The molecule has 7 nitrogen and oxygen atoms in total. The van der Waals surface area contributed by atoms with Crippen LogP contribution >= 0.6 is 0 Å². The highest BCUT2D eigenvalue weighted by atomic mass is 19.4. The van der Waals surface area contributed by atoms with E-state index in [1.807, 2.05) is 42.5 Å². The minimum Gasteiger partial charge on any atom is -0.374 e. The van der Waals surface area contributed by atoms with Crippen LogP contribution in [0.5, 0.6) is 0 Å². The molecule has 2 unspecified atom stereocenters. The molecule has 0 fully saturated rings. The number of carbonyl (C=O) groups is 2. The van der Waals surface area contributed by atoms with E-state index in [1.54, 1.807) is 13.8 Å². The van der Waals surface area contributed by atoms with Crippen molar-refractivity contribution in [3.05, 3.63) is 66.2 Å². The molecule has 3 N–H and O–H groups in total. The third kappa shape index (κ3) is 6.00. The molecule has 3 aromatic rings. The van der Waals surface area contributed by atoms with Crippen molar-refractivity contribution >= 4 is 22.6 Å². The number of aryl methyl sites for hydroxylation is 1. The van der Waals surface area contributed by atoms with E-state index in [9.17, 15) is 27.9 Å². The second-order valence-corrected chi connectivity index (χ2v) is 8.91. The summed E-state index contributed by atoms with van der Waals surface area (Å²) in [5.41, 5.74) is -2.46. The summed E-state index contributed by atoms with van der Waals surface area (Å²) in [5.74, 6) is -1.89. The van der Waals surface area contributed by atoms with Crippen LogP contribution in [-0.4, -0.2) is 45.2 Å². The number of hydrogen-bond donors (Lipinski definition) is 3. The maximum Gasteiger partial charge on any atom is 0.424 e. The molecule has 0 radical (unpaired) electrons. The van der Waals surface area contributed by atoms with E-state index in [0.717, 1.165) is 27.1 Å². The molecule has 188 valence electrons. The predicted octanol–water partition coefficient (Wildman–Crippen LogP) is 3.21. The number of aromatic nitrogens is 2. The maximum absolute atomic E-state index is 13.7. The topological polar surface area (TPSA) is 96.2 Å². The van der Waals surface area contributed by atoms with Crippen molar-refractivity contribution in [1.29, 1.82) is 0 Å². The molecule has 2 aromatic carbocycles. The van der Waals surface area contributed by atoms with Crippen LogP contribution in [0, 0.1) is 5.92 Å². The van der Waals surface area contributed by atoms with Gasteiger partial charge in [-0.25, -0.2) is 4.98 Å². The van der Waals surface area contributed by atoms with Gasteiger partial charge in [-0.3, -0.25) is 9.59 Å². The van der Waals surface area contributed by atoms with E-state index in [0.29, 0.717) is 0 Å². The van der Waals surface area contributed by atoms with E-state index in [4.69, 9.17) is 0 Å². The van der Waals surface area contributed by atoms with Gasteiger partial charge >= 0.3 is 6.18 Å². The van der Waals surface area contributed by atoms with Crippen LogP contribution in [0.4, 0.5) is 13.2 Å². The zero-order valence-corrected chi connectivity index (χ0v) is 19.8. The lowest BCUT2D eigenvalue weighted by atomic mass is 9.97. The summed E-state index contributed by atoms with van der Waals surface area (Å²) < 4.78 is 42.1. The molecule has 0 aliphatic rings. The molecule has 0 saturated heterocycles. The van der Waals surface area contributed by atoms with Gasteiger partial charge in [0, 0.05) is 32.4 Å². The highest BCUT2D eigenvalue weighted by molar-refractivity contribution is 5.89. The Hall–Kier alpha value is -3.40. The first kappa shape index (κ1) is 26.2. The normalized spacial score (nSPS) is 14.5. The monoisotopic (exact) mass is 490 g/mol. The fourth-order valence-corrected chi connectivity index (χ4v) is 3.91. The summed E-state index contributed by atoms with van der Waals surface area (Å²) in [6.45, 7) is 2.98. The summed E-state index contributed by atoms with van der Waals surface area (Å²) >= 11 is 0. The Morgan fingerprint density at radius 1 is 1.11 bits per heavy atom. The SMILES string of the molecule is CC(C)C(NC(=O)Cc1ccc2ccccc2c1)C(=O)NCCC(O)(c1nccn1C)C(F)(F)F. The second-order valence-electron chi connectivity index (χ2n) is 8.91. The zero-order valence-electron chi connectivity index (χ0n) is 19.8. The second kappa shape index (κ2) is 10.5. The van der Waals surface area contributed by atoms with Gasteiger partial charge in [0.15, 0.2) is 0 Å². The number of aliphatic hydroxyl groups is 1. The molecule has 3 rings (SSSR count). The van der Waals surface area contributed by atoms with Crippen molar-refractivity contribution in [3.63, 3.8) is 0 Å². The molecule has 1 aromatic heterocycles. The van der Waals surface area contributed by atoms with E-state index in [1.165, 1.54) is 13.2 Å². The van der Waals surface area contributed by atoms with Crippen molar-refractivity contribution in [2.24, 2.45) is 13.0 Å². The van der Waals surface area contributed by atoms with Crippen molar-refractivity contribution in [3.8, 4) is 0 Å². The first-order valence-corrected chi connectivity index (χ1v) is 11.2. The van der Waals surface area contributed by atoms with Crippen LogP contribution in [0.25, 0.3) is 10.8 Å². The van der Waals surface area contributed by atoms with Gasteiger partial charge in [0.25, 0.3) is 0 Å². The summed E-state index contributed by atoms with van der Waals surface area (Å²) in [5, 5.41) is 17.5. The number of amides is 2. The Morgan fingerprint density at radius 2 is 1.80 bits per heavy atom. The van der Waals surface area contributed by atoms with E-state index < -0.39 is 42.5 Å². The molecule has 0 saturated carbocycles. The fraction of sp³-hybridized carbons (Fsp3) is 0.400. The van der Waals surface area contributed by atoms with E-state index in [-0.39, 0.29) is 18.2 Å². The fourth-order valence-electron chi connectivity index (χ4n) is 3.91. The van der Waals surface area contributed by atoms with E-state index in [2.05, 4.69) is 15.6 Å². The largest absolute Gasteiger partial charge is 0.424 e. The maximum atomic E-state index is 13.7. The van der Waals surface area contributed by atoms with Gasteiger partial charge in [-0.1, -0.05) is 56.3 Å². The number of hydrogen-bond acceptors (Lipinski definition) is 4. The molecule has 10 heteroatoms. The predicted molar refractivity (Wildman–Crippen MR) is 125 cm³/mol. The Morgan fingerprint density at radius 3 is 2.40 bits per heavy atom. The van der Waals surface area contributed by atoms with Crippen LogP contribution in [0.15, 0.2) is 54.9 Å². The van der Waals surface area contributed by atoms with Gasteiger partial charge in [0.05, 0.1) is 6.42 Å². The van der Waals surface area contributed by atoms with Gasteiger partial charge in [-0.15, -0.1) is 0 Å². The van der Waals surface area contributed by atoms with Crippen molar-refractivity contribution in [1.82, 2.24) is 20.2 Å². The first-order valence-electron chi connectivity index (χ1n) is 11.2. The van der Waals surface area contributed by atoms with Gasteiger partial charge in [0.2, 0.25) is 17.4 Å². The van der Waals surface area contributed by atoms with Crippen LogP contribution in [0.2, 0.25) is 0 Å². The van der Waals surface area contributed by atoms with Gasteiger partial charge in [0.1, 0.15) is 11.9 Å². The third-order valence-electron chi connectivity index (χ3n) is 5.89. The molecule has 0 aliphatic heterocycles. The Bertz CT molecular complexity index is 1190. The minimum absolute atomic E-state index is 0.0499. The third-order valence-corrected chi connectivity index (χ3v) is 5.89. The summed E-state index contributed by atoms with van der Waals surface area (Å²) in [7, 11) is 1.34. The molecule has 0 aliphatic carbocycles. The summed E-state index contributed by atoms with van der Waals surface area (Å²) in [6, 6.07) is 12.4. The number of benzene rings is 2. The molecular formula is C25H29F3N4O3. The lowest BCUT2D eigenvalue weighted by molar-refractivity contribution is -0.272. The van der Waals surface area contributed by atoms with Gasteiger partial charge in [-0.2, -0.15) is 13.2 Å². The van der Waals surface area contributed by atoms with Crippen molar-refractivity contribution in [2.45, 2.75) is 44.5 Å². The molecule has 35 heavy (non-hydrogen) atoms. The average Bonchev–Trinajstić information content (AvgIpc) is 3.22. The quantitative estimate of drug-likeness (QED) is 0.429. The van der Waals surface area contributed by atoms with Gasteiger partial charge in [-0.05, 0) is 22.3 Å². The Balaban J connectivity index is 1.62. The number of rotatable bonds is 9. The van der Waals surface area contributed by atoms with E-state index >= 15 is 0 Å². The number of fused-ring (bicyclic) bond motifs is 1. The summed E-state index contributed by atoms with van der Waals surface area (Å²) in [6.07, 6.45) is -3.32. The lowest BCUT2D eigenvalue weighted by Crippen LogP contribution is -2.52. The van der Waals surface area contributed by atoms with Gasteiger partial charge < -0.3 is 20.3 Å². The van der Waals surface area contributed by atoms with Crippen LogP contribution in [0.3, 0.4) is 0 Å². The first-order chi connectivity index (χ1) is 16.4. The number of nitrogens with one attached hydrogen (secondary N) is 2. The molecular weight excluding hydrogens is 461 g/mol. The van der Waals surface area contributed by atoms with Crippen molar-refractivity contribution < 1.29 is 27.9 Å². The average molecular weight is 491 g/mol. The minimum atomic E-state index is -5.00. The number of imidazole rings is 1. The number of nitrogens with zero attached hydrogens (tertiary/aromatic N) is 2. The molecule has 0 spiro atoms. The van der Waals surface area contributed by atoms with Crippen LogP contribution in [0.1, 0.15) is 31.7 Å². The number of carbonyl (C=O) groups excluding carboxylic acids is 2. The lowest BCUT2D eigenvalue weighted by Gasteiger charge is -2.30. The zero-order chi connectivity index (χ0) is 25.8. The standard InChI is InChI=1S/C25H29F3N4O3/c1-16(2)21(31-20(33)15-17-8-9-18-6-4-5-7-19(18)14-17)22(34)29-11-10-24(35,25(26,27)28)23-30-12-13-32(23)3/h4-9,12-14,16,21,35H,10-11,15H2,1-3H3,(H,29,34)(H,31,33). The smallest absolute Gasteiger partial charge is 0.374 e. The highest BCUT2D eigenvalue weighted by Gasteiger charge is 2.57. The molecule has 2 atom stereocenters. The molecule has 1 heterocycles. The number of halogens is 3. The van der Waals surface area contributed by atoms with Crippen LogP contribution < -0.4 is 10.6 Å². The molecule has 2 amide bonds. The Labute approximate surface area is 201 Å². The van der Waals surface area contributed by atoms with Crippen LogP contribution in [-0.2, 0) is 28.7 Å². The van der Waals surface area contributed by atoms with Crippen molar-refractivity contribution in [2.75, 3.05) is 6.54 Å². The molecule has 0 bridgehead atoms. The summed E-state index contributed by atoms with van der Waals surface area (Å²) in [4.78, 5) is 29.0. The number of alkyl halides is 3. The Kier molecular flexibility index (Phi) is 7.84.